The summed E-state index contributed by atoms with van der Waals surface area (Å²) in [6.45, 7) is 2.72. The first-order valence-electron chi connectivity index (χ1n) is 5.89. The van der Waals surface area contributed by atoms with E-state index in [0.29, 0.717) is 12.6 Å². The van der Waals surface area contributed by atoms with Crippen molar-refractivity contribution >= 4 is 24.8 Å². The summed E-state index contributed by atoms with van der Waals surface area (Å²) in [5.41, 5.74) is 0.740. The summed E-state index contributed by atoms with van der Waals surface area (Å²) in [5.74, 6) is 0. The first-order chi connectivity index (χ1) is 7.86. The van der Waals surface area contributed by atoms with Gasteiger partial charge < -0.3 is 15.7 Å². The zero-order chi connectivity index (χ0) is 11.2. The summed E-state index contributed by atoms with van der Waals surface area (Å²) < 4.78 is 0. The molecule has 1 aliphatic heterocycles. The maximum Gasteiger partial charge on any atom is 0.108 e. The number of hydrogen-bond acceptors (Lipinski definition) is 4. The Hall–Kier alpha value is -0.390. The van der Waals surface area contributed by atoms with Crippen LogP contribution in [0.3, 0.4) is 0 Å². The van der Waals surface area contributed by atoms with Crippen LogP contribution in [0, 0.1) is 0 Å². The first-order valence-corrected chi connectivity index (χ1v) is 5.89. The molecule has 0 aliphatic carbocycles. The van der Waals surface area contributed by atoms with Crippen molar-refractivity contribution in [2.75, 3.05) is 19.6 Å². The van der Waals surface area contributed by atoms with Gasteiger partial charge in [0, 0.05) is 18.8 Å². The molecule has 6 heteroatoms. The molecule has 4 nitrogen and oxygen atoms in total. The minimum Gasteiger partial charge on any atom is -0.385 e. The van der Waals surface area contributed by atoms with Gasteiger partial charge in [-0.15, -0.1) is 24.8 Å². The van der Waals surface area contributed by atoms with Gasteiger partial charge in [-0.3, -0.25) is 4.98 Å². The minimum absolute atomic E-state index is 0. The molecule has 0 saturated carbocycles. The van der Waals surface area contributed by atoms with E-state index in [4.69, 9.17) is 0 Å². The maximum atomic E-state index is 9.91. The molecule has 3 N–H and O–H groups in total. The van der Waals surface area contributed by atoms with Gasteiger partial charge in [-0.25, -0.2) is 0 Å². The van der Waals surface area contributed by atoms with E-state index in [2.05, 4.69) is 15.6 Å². The number of aliphatic hydroxyl groups is 1. The molecule has 0 aromatic carbocycles. The smallest absolute Gasteiger partial charge is 0.108 e. The van der Waals surface area contributed by atoms with Crippen molar-refractivity contribution in [1.29, 1.82) is 0 Å². The van der Waals surface area contributed by atoms with Crippen molar-refractivity contribution in [3.05, 3.63) is 30.1 Å². The van der Waals surface area contributed by atoms with Gasteiger partial charge in [0.25, 0.3) is 0 Å². The average molecular weight is 294 g/mol. The Labute approximate surface area is 120 Å². The molecule has 0 spiro atoms. The van der Waals surface area contributed by atoms with Gasteiger partial charge in [-0.1, -0.05) is 6.07 Å². The maximum absolute atomic E-state index is 9.91. The summed E-state index contributed by atoms with van der Waals surface area (Å²) in [6, 6.07) is 6.14. The van der Waals surface area contributed by atoms with Gasteiger partial charge in [0.2, 0.25) is 0 Å². The Morgan fingerprint density at radius 2 is 2.06 bits per heavy atom. The number of piperidine rings is 1. The number of nitrogens with one attached hydrogen (secondary N) is 2. The second kappa shape index (κ2) is 9.53. The highest BCUT2D eigenvalue weighted by Crippen LogP contribution is 2.09. The Bertz CT molecular complexity index is 307. The monoisotopic (exact) mass is 293 g/mol. The molecular weight excluding hydrogens is 273 g/mol. The van der Waals surface area contributed by atoms with Crippen LogP contribution in [0.2, 0.25) is 0 Å². The number of nitrogens with zero attached hydrogens (tertiary/aromatic N) is 1. The van der Waals surface area contributed by atoms with E-state index in [-0.39, 0.29) is 24.8 Å². The molecule has 1 saturated heterocycles. The van der Waals surface area contributed by atoms with Crippen LogP contribution in [-0.4, -0.2) is 35.8 Å². The third kappa shape index (κ3) is 5.50. The highest BCUT2D eigenvalue weighted by atomic mass is 35.5. The fourth-order valence-electron chi connectivity index (χ4n) is 1.98. The zero-order valence-corrected chi connectivity index (χ0v) is 11.8. The van der Waals surface area contributed by atoms with Crippen molar-refractivity contribution in [1.82, 2.24) is 15.6 Å². The van der Waals surface area contributed by atoms with E-state index in [1.807, 2.05) is 18.2 Å². The molecule has 18 heavy (non-hydrogen) atoms. The number of rotatable bonds is 4. The lowest BCUT2D eigenvalue weighted by Crippen LogP contribution is -2.41. The predicted molar refractivity (Wildman–Crippen MR) is 77.6 cm³/mol. The Balaban J connectivity index is 0.00000144. The summed E-state index contributed by atoms with van der Waals surface area (Å²) >= 11 is 0. The number of aromatic nitrogens is 1. The van der Waals surface area contributed by atoms with Crippen LogP contribution in [0.1, 0.15) is 24.6 Å². The average Bonchev–Trinajstić information content (AvgIpc) is 2.38. The van der Waals surface area contributed by atoms with E-state index >= 15 is 0 Å². The van der Waals surface area contributed by atoms with Gasteiger partial charge in [-0.05, 0) is 38.1 Å². The summed E-state index contributed by atoms with van der Waals surface area (Å²) in [6.07, 6.45) is 3.48. The number of hydrogen-bond donors (Lipinski definition) is 3. The van der Waals surface area contributed by atoms with Crippen molar-refractivity contribution in [2.45, 2.75) is 25.0 Å². The Morgan fingerprint density at radius 1 is 1.33 bits per heavy atom. The first kappa shape index (κ1) is 17.6. The fourth-order valence-corrected chi connectivity index (χ4v) is 1.98. The fraction of sp³-hybridized carbons (Fsp3) is 0.583. The zero-order valence-electron chi connectivity index (χ0n) is 10.2. The largest absolute Gasteiger partial charge is 0.385 e. The molecule has 2 rings (SSSR count). The molecular formula is C12H21Cl2N3O. The van der Waals surface area contributed by atoms with Crippen LogP contribution >= 0.6 is 24.8 Å². The molecule has 2 heterocycles. The number of pyridine rings is 1. The Kier molecular flexibility index (Phi) is 9.32. The molecule has 1 atom stereocenters. The normalized spacial score (nSPS) is 17.4. The highest BCUT2D eigenvalue weighted by molar-refractivity contribution is 5.85. The molecule has 1 aromatic rings. The quantitative estimate of drug-likeness (QED) is 0.783. The van der Waals surface area contributed by atoms with E-state index in [0.717, 1.165) is 31.6 Å². The second-order valence-corrected chi connectivity index (χ2v) is 4.20. The van der Waals surface area contributed by atoms with E-state index in [9.17, 15) is 5.11 Å². The van der Waals surface area contributed by atoms with Crippen molar-refractivity contribution < 1.29 is 5.11 Å². The van der Waals surface area contributed by atoms with Gasteiger partial charge in [0.05, 0.1) is 5.69 Å². The van der Waals surface area contributed by atoms with Gasteiger partial charge in [-0.2, -0.15) is 0 Å². The van der Waals surface area contributed by atoms with Gasteiger partial charge in [0.15, 0.2) is 0 Å². The third-order valence-corrected chi connectivity index (χ3v) is 2.97. The number of halogens is 2. The van der Waals surface area contributed by atoms with Crippen LogP contribution in [0.4, 0.5) is 0 Å². The van der Waals surface area contributed by atoms with Crippen LogP contribution < -0.4 is 10.6 Å². The molecule has 1 aromatic heterocycles. The number of aliphatic hydroxyl groups excluding tert-OH is 1. The van der Waals surface area contributed by atoms with Crippen molar-refractivity contribution in [2.24, 2.45) is 0 Å². The molecule has 104 valence electrons. The third-order valence-electron chi connectivity index (χ3n) is 2.97. The minimum atomic E-state index is -0.504. The molecule has 0 radical (unpaired) electrons. The summed E-state index contributed by atoms with van der Waals surface area (Å²) in [5, 5.41) is 16.6. The lowest BCUT2D eigenvalue weighted by Gasteiger charge is -2.24. The summed E-state index contributed by atoms with van der Waals surface area (Å²) in [7, 11) is 0. The summed E-state index contributed by atoms with van der Waals surface area (Å²) in [4.78, 5) is 4.14. The lowest BCUT2D eigenvalue weighted by molar-refractivity contribution is 0.162. The van der Waals surface area contributed by atoms with E-state index in [1.165, 1.54) is 0 Å². The SMILES string of the molecule is Cl.Cl.OC(CNC1CCNCC1)c1ccccn1. The van der Waals surface area contributed by atoms with Crippen molar-refractivity contribution in [3.63, 3.8) is 0 Å². The molecule has 1 fully saturated rings. The lowest BCUT2D eigenvalue weighted by atomic mass is 10.1. The van der Waals surface area contributed by atoms with Gasteiger partial charge >= 0.3 is 0 Å². The topological polar surface area (TPSA) is 57.2 Å². The van der Waals surface area contributed by atoms with Crippen LogP contribution in [0.25, 0.3) is 0 Å². The van der Waals surface area contributed by atoms with Crippen LogP contribution in [0.5, 0.6) is 0 Å². The second-order valence-electron chi connectivity index (χ2n) is 4.20. The Morgan fingerprint density at radius 3 is 2.67 bits per heavy atom. The standard InChI is InChI=1S/C12H19N3O.2ClH/c16-12(11-3-1-2-6-14-11)9-15-10-4-7-13-8-5-10;;/h1-3,6,10,12-13,15-16H,4-5,7-9H2;2*1H. The van der Waals surface area contributed by atoms with E-state index < -0.39 is 6.10 Å². The highest BCUT2D eigenvalue weighted by Gasteiger charge is 2.14. The van der Waals surface area contributed by atoms with Crippen molar-refractivity contribution in [3.8, 4) is 0 Å². The molecule has 0 amide bonds. The molecule has 1 aliphatic rings. The molecule has 1 unspecified atom stereocenters. The molecule has 0 bridgehead atoms. The predicted octanol–water partition coefficient (Wildman–Crippen LogP) is 1.30. The van der Waals surface area contributed by atoms with Gasteiger partial charge in [0.1, 0.15) is 6.10 Å². The van der Waals surface area contributed by atoms with Crippen LogP contribution in [0.15, 0.2) is 24.4 Å². The van der Waals surface area contributed by atoms with E-state index in [1.54, 1.807) is 6.20 Å². The van der Waals surface area contributed by atoms with Crippen LogP contribution in [-0.2, 0) is 0 Å².